The van der Waals surface area contributed by atoms with Crippen molar-refractivity contribution in [2.24, 2.45) is 5.10 Å². The molecule has 2 heterocycles. The van der Waals surface area contributed by atoms with Crippen LogP contribution in [0.2, 0.25) is 0 Å². The number of benzene rings is 2. The fourth-order valence-electron chi connectivity index (χ4n) is 3.23. The molecule has 2 N–H and O–H groups in total. The molecule has 10 nitrogen and oxygen atoms in total. The van der Waals surface area contributed by atoms with Gasteiger partial charge in [0.25, 0.3) is 0 Å². The lowest BCUT2D eigenvalue weighted by Gasteiger charge is -2.22. The van der Waals surface area contributed by atoms with Crippen LogP contribution in [-0.2, 0) is 0 Å². The largest absolute Gasteiger partial charge is 0.496 e. The summed E-state index contributed by atoms with van der Waals surface area (Å²) < 4.78 is 23.5. The molecule has 0 amide bonds. The molecule has 0 spiro atoms. The van der Waals surface area contributed by atoms with Crippen LogP contribution in [0.15, 0.2) is 52.2 Å². The van der Waals surface area contributed by atoms with Crippen molar-refractivity contribution < 1.29 is 13.8 Å². The number of rotatable bonds is 9. The number of ether oxygens (including phenoxy) is 1. The first kappa shape index (κ1) is 21.9. The van der Waals surface area contributed by atoms with Gasteiger partial charge in [-0.05, 0) is 60.6 Å². The number of hydrogen-bond donors (Lipinski definition) is 2. The Morgan fingerprint density at radius 3 is 2.39 bits per heavy atom. The highest BCUT2D eigenvalue weighted by Crippen LogP contribution is 2.26. The number of nitrogens with zero attached hydrogens (tertiary/aromatic N) is 6. The summed E-state index contributed by atoms with van der Waals surface area (Å²) in [5, 5.41) is 14.8. The van der Waals surface area contributed by atoms with Crippen molar-refractivity contribution in [1.82, 2.24) is 20.3 Å². The van der Waals surface area contributed by atoms with Gasteiger partial charge < -0.3 is 15.0 Å². The average molecular weight is 450 g/mol. The molecule has 0 saturated carbocycles. The first-order valence-corrected chi connectivity index (χ1v) is 10.4. The molecule has 0 aliphatic rings. The maximum atomic E-state index is 13.2. The van der Waals surface area contributed by atoms with E-state index in [1.807, 2.05) is 18.2 Å². The second kappa shape index (κ2) is 9.90. The summed E-state index contributed by atoms with van der Waals surface area (Å²) in [4.78, 5) is 10.9. The normalized spacial score (nSPS) is 11.2. The van der Waals surface area contributed by atoms with Crippen LogP contribution >= 0.6 is 0 Å². The van der Waals surface area contributed by atoms with E-state index in [0.29, 0.717) is 17.3 Å². The van der Waals surface area contributed by atoms with Crippen molar-refractivity contribution in [2.45, 2.75) is 13.8 Å². The number of hydrazone groups is 1. The van der Waals surface area contributed by atoms with Crippen molar-refractivity contribution in [3.63, 3.8) is 0 Å². The van der Waals surface area contributed by atoms with Crippen LogP contribution in [-0.4, -0.2) is 46.7 Å². The number of methoxy groups -OCH3 is 1. The Morgan fingerprint density at radius 2 is 1.73 bits per heavy atom. The zero-order valence-electron chi connectivity index (χ0n) is 18.4. The van der Waals surface area contributed by atoms with E-state index in [-0.39, 0.29) is 22.9 Å². The highest BCUT2D eigenvalue weighted by atomic mass is 19.1. The third kappa shape index (κ3) is 4.97. The molecule has 4 rings (SSSR count). The summed E-state index contributed by atoms with van der Waals surface area (Å²) in [6.07, 6.45) is 1.62. The van der Waals surface area contributed by atoms with E-state index in [1.54, 1.807) is 25.5 Å². The Labute approximate surface area is 189 Å². The van der Waals surface area contributed by atoms with Crippen LogP contribution in [0, 0.1) is 5.82 Å². The topological polar surface area (TPSA) is 114 Å². The molecule has 33 heavy (non-hydrogen) atoms. The molecule has 170 valence electrons. The van der Waals surface area contributed by atoms with Gasteiger partial charge in [0, 0.05) is 36.1 Å². The van der Waals surface area contributed by atoms with E-state index < -0.39 is 0 Å². The molecule has 0 radical (unpaired) electrons. The Bertz CT molecular complexity index is 1260. The number of anilines is 4. The predicted octanol–water partition coefficient (Wildman–Crippen LogP) is 4.20. The van der Waals surface area contributed by atoms with Gasteiger partial charge in [0.1, 0.15) is 11.6 Å². The Hall–Kier alpha value is -4.28. The number of aromatic nitrogens is 4. The first-order valence-electron chi connectivity index (χ1n) is 10.4. The average Bonchev–Trinajstić information content (AvgIpc) is 3.29. The summed E-state index contributed by atoms with van der Waals surface area (Å²) in [5.41, 5.74) is 5.78. The minimum Gasteiger partial charge on any atom is -0.496 e. The highest BCUT2D eigenvalue weighted by molar-refractivity contribution is 5.86. The molecule has 2 aromatic carbocycles. The maximum Gasteiger partial charge on any atom is 0.245 e. The molecular formula is C22H23FN8O2. The van der Waals surface area contributed by atoms with Gasteiger partial charge in [-0.1, -0.05) is 0 Å². The second-order valence-electron chi connectivity index (χ2n) is 6.93. The Balaban J connectivity index is 1.59. The van der Waals surface area contributed by atoms with Crippen LogP contribution < -0.4 is 20.4 Å². The zero-order chi connectivity index (χ0) is 23.2. The van der Waals surface area contributed by atoms with Crippen LogP contribution in [0.4, 0.5) is 27.4 Å². The Kier molecular flexibility index (Phi) is 6.58. The van der Waals surface area contributed by atoms with Gasteiger partial charge in [-0.15, -0.1) is 0 Å². The smallest absolute Gasteiger partial charge is 0.245 e. The van der Waals surface area contributed by atoms with E-state index in [4.69, 9.17) is 9.37 Å². The lowest BCUT2D eigenvalue weighted by Crippen LogP contribution is -2.21. The highest BCUT2D eigenvalue weighted by Gasteiger charge is 2.13. The van der Waals surface area contributed by atoms with Crippen molar-refractivity contribution in [2.75, 3.05) is 35.8 Å². The van der Waals surface area contributed by atoms with Gasteiger partial charge in [0.15, 0.2) is 11.6 Å². The standard InChI is InChI=1S/C22H23FN8O2/c1-4-31(5-2)17-11-6-14(18(12-17)32-3)13-24-28-20-19(25-16-9-7-15(23)8-10-16)26-21-22(27-20)30-33-29-21/h6-13H,4-5H2,1-3H3,(H,25,26,29)(H,27,28,30)/b24-13+. The van der Waals surface area contributed by atoms with Gasteiger partial charge in [-0.2, -0.15) is 10.1 Å². The zero-order valence-corrected chi connectivity index (χ0v) is 18.4. The summed E-state index contributed by atoms with van der Waals surface area (Å²) in [5.74, 6) is 0.965. The minimum absolute atomic E-state index is 0.221. The summed E-state index contributed by atoms with van der Waals surface area (Å²) in [6, 6.07) is 11.8. The van der Waals surface area contributed by atoms with Crippen molar-refractivity contribution in [1.29, 1.82) is 0 Å². The van der Waals surface area contributed by atoms with E-state index >= 15 is 0 Å². The molecule has 0 unspecified atom stereocenters. The van der Waals surface area contributed by atoms with Crippen LogP contribution in [0.3, 0.4) is 0 Å². The molecule has 0 aliphatic carbocycles. The predicted molar refractivity (Wildman–Crippen MR) is 125 cm³/mol. The lowest BCUT2D eigenvalue weighted by atomic mass is 10.2. The van der Waals surface area contributed by atoms with Crippen molar-refractivity contribution in [3.05, 3.63) is 53.8 Å². The van der Waals surface area contributed by atoms with E-state index in [1.165, 1.54) is 12.1 Å². The quantitative estimate of drug-likeness (QED) is 0.286. The molecule has 4 aromatic rings. The molecule has 0 aliphatic heterocycles. The molecule has 0 bridgehead atoms. The SMILES string of the molecule is CCN(CC)c1ccc(/C=N/Nc2nc3nonc3nc2Nc2ccc(F)cc2)c(OC)c1. The minimum atomic E-state index is -0.341. The third-order valence-electron chi connectivity index (χ3n) is 4.94. The molecule has 2 aromatic heterocycles. The van der Waals surface area contributed by atoms with E-state index in [2.05, 4.69) is 54.9 Å². The second-order valence-corrected chi connectivity index (χ2v) is 6.93. The van der Waals surface area contributed by atoms with Gasteiger partial charge in [-0.25, -0.2) is 14.0 Å². The van der Waals surface area contributed by atoms with Gasteiger partial charge in [0.05, 0.1) is 13.3 Å². The Morgan fingerprint density at radius 1 is 1.03 bits per heavy atom. The maximum absolute atomic E-state index is 13.2. The van der Waals surface area contributed by atoms with Gasteiger partial charge in [-0.3, -0.25) is 5.43 Å². The van der Waals surface area contributed by atoms with E-state index in [9.17, 15) is 4.39 Å². The van der Waals surface area contributed by atoms with Gasteiger partial charge >= 0.3 is 0 Å². The number of hydrogen-bond acceptors (Lipinski definition) is 10. The molecule has 0 saturated heterocycles. The van der Waals surface area contributed by atoms with Crippen molar-refractivity contribution >= 4 is 40.5 Å². The first-order chi connectivity index (χ1) is 16.1. The number of nitrogens with one attached hydrogen (secondary N) is 2. The molecular weight excluding hydrogens is 427 g/mol. The van der Waals surface area contributed by atoms with Crippen LogP contribution in [0.25, 0.3) is 11.3 Å². The van der Waals surface area contributed by atoms with Gasteiger partial charge in [0.2, 0.25) is 11.3 Å². The molecule has 0 atom stereocenters. The van der Waals surface area contributed by atoms with Crippen molar-refractivity contribution in [3.8, 4) is 5.75 Å². The van der Waals surface area contributed by atoms with Crippen LogP contribution in [0.5, 0.6) is 5.75 Å². The fourth-order valence-corrected chi connectivity index (χ4v) is 3.23. The summed E-state index contributed by atoms with van der Waals surface area (Å²) in [6.45, 7) is 6.01. The third-order valence-corrected chi connectivity index (χ3v) is 4.94. The molecule has 0 fully saturated rings. The molecule has 11 heteroatoms. The van der Waals surface area contributed by atoms with Crippen LogP contribution in [0.1, 0.15) is 19.4 Å². The number of halogens is 1. The fraction of sp³-hybridized carbons (Fsp3) is 0.227. The number of fused-ring (bicyclic) bond motifs is 1. The summed E-state index contributed by atoms with van der Waals surface area (Å²) >= 11 is 0. The summed E-state index contributed by atoms with van der Waals surface area (Å²) in [7, 11) is 1.62. The van der Waals surface area contributed by atoms with E-state index in [0.717, 1.165) is 24.3 Å². The lowest BCUT2D eigenvalue weighted by molar-refractivity contribution is 0.314. The monoisotopic (exact) mass is 450 g/mol.